The van der Waals surface area contributed by atoms with E-state index in [0.717, 1.165) is 0 Å². The van der Waals surface area contributed by atoms with Crippen LogP contribution in [-0.4, -0.2) is 162 Å². The van der Waals surface area contributed by atoms with Crippen molar-refractivity contribution in [2.24, 2.45) is 0 Å². The van der Waals surface area contributed by atoms with Crippen molar-refractivity contribution in [1.82, 2.24) is 10.2 Å². The zero-order valence-corrected chi connectivity index (χ0v) is 33.1. The Hall–Kier alpha value is 3.95. The summed E-state index contributed by atoms with van der Waals surface area (Å²) in [7, 11) is 1.87. The topological polar surface area (TPSA) is 218 Å². The standard InChI is InChI=1S/C5H11NO2.C4H8Br2O2.C4H9NO2.C4H10O4.2Ac.V/c1-6-2-4(7)5(8)3-6;5-1-3(7)4(8)2-6;6-3-1-5-2-4(3)7;5-1-3(7)4(8)2-6;;;/h4-5,7-8H,2-3H2,1H3;3-4,7-8H,1-2H2;3-7H,1-2H2;3-8H,1-2H2;;;/t4-,5+;3*3-,4+;;;. The van der Waals surface area contributed by atoms with Gasteiger partial charge in [-0.3, -0.25) is 0 Å². The minimum Gasteiger partial charge on any atom is -0.394 e. The van der Waals surface area contributed by atoms with Gasteiger partial charge in [-0.15, -0.1) is 0 Å². The van der Waals surface area contributed by atoms with Gasteiger partial charge in [-0.1, -0.05) is 31.9 Å². The van der Waals surface area contributed by atoms with Gasteiger partial charge in [-0.2, -0.15) is 0 Å². The normalized spacial score (nSPS) is 26.7. The number of nitrogens with zero attached hydrogens (tertiary/aromatic N) is 1. The Bertz CT molecular complexity index is 381. The third-order valence-electron chi connectivity index (χ3n) is 4.17. The molecule has 12 nitrogen and oxygen atoms in total. The molecule has 201 valence electrons. The van der Waals surface area contributed by atoms with Crippen molar-refractivity contribution in [2.75, 3.05) is 57.1 Å². The molecule has 2 saturated heterocycles. The summed E-state index contributed by atoms with van der Waals surface area (Å²) in [4.78, 5) is 1.90. The number of aliphatic hydroxyl groups is 10. The van der Waals surface area contributed by atoms with Crippen molar-refractivity contribution in [3.63, 3.8) is 0 Å². The molecule has 0 saturated carbocycles. The molecule has 0 aromatic carbocycles. The molecule has 3 radical (unpaired) electrons. The molecule has 34 heavy (non-hydrogen) atoms. The molecular formula is C17H38Ac2Br2N2O10V. The number of halogens is 2. The van der Waals surface area contributed by atoms with Crippen LogP contribution in [0.1, 0.15) is 0 Å². The first-order valence-electron chi connectivity index (χ1n) is 9.62. The van der Waals surface area contributed by atoms with Crippen LogP contribution in [0.25, 0.3) is 0 Å². The SMILES string of the molecule is CN1C[C@@H](O)[C@@H](O)C1.OC[C@@H](O)[C@@H](O)CO.O[C@@H]1CNC[C@@H]1O.O[C@H](CBr)[C@@H](O)CBr.[Ac].[Ac].[V]. The van der Waals surface area contributed by atoms with Crippen LogP contribution < -0.4 is 5.32 Å². The number of aliphatic hydroxyl groups excluding tert-OH is 10. The fourth-order valence-electron chi connectivity index (χ4n) is 2.06. The Morgan fingerprint density at radius 1 is 0.706 bits per heavy atom. The van der Waals surface area contributed by atoms with Gasteiger partial charge in [0.05, 0.1) is 49.8 Å². The second-order valence-electron chi connectivity index (χ2n) is 7.09. The summed E-state index contributed by atoms with van der Waals surface area (Å²) in [5, 5.41) is 89.5. The Morgan fingerprint density at radius 3 is 1.12 bits per heavy atom. The molecule has 0 amide bonds. The maximum atomic E-state index is 8.88. The third kappa shape index (κ3) is 25.0. The molecule has 0 aliphatic carbocycles. The number of hydrogen-bond donors (Lipinski definition) is 11. The second kappa shape index (κ2) is 29.9. The van der Waals surface area contributed by atoms with E-state index in [2.05, 4.69) is 37.2 Å². The van der Waals surface area contributed by atoms with Crippen LogP contribution in [0.5, 0.6) is 0 Å². The zero-order valence-electron chi connectivity index (χ0n) is 19.1. The van der Waals surface area contributed by atoms with Gasteiger partial charge in [0, 0.05) is 144 Å². The van der Waals surface area contributed by atoms with Crippen LogP contribution in [0, 0.1) is 88.1 Å². The Morgan fingerprint density at radius 2 is 1.00 bits per heavy atom. The maximum Gasteiger partial charge on any atom is 0.105 e. The molecule has 2 aliphatic heterocycles. The molecule has 2 rings (SSSR count). The second-order valence-corrected chi connectivity index (χ2v) is 8.39. The van der Waals surface area contributed by atoms with Crippen LogP contribution in [0.4, 0.5) is 0 Å². The van der Waals surface area contributed by atoms with E-state index in [1.54, 1.807) is 0 Å². The van der Waals surface area contributed by atoms with E-state index >= 15 is 0 Å². The fraction of sp³-hybridized carbons (Fsp3) is 1.00. The van der Waals surface area contributed by atoms with Gasteiger partial charge in [0.15, 0.2) is 0 Å². The van der Waals surface area contributed by atoms with Crippen molar-refractivity contribution < 1.29 is 158 Å². The number of alkyl halides is 2. The van der Waals surface area contributed by atoms with E-state index in [4.69, 9.17) is 51.1 Å². The minimum atomic E-state index is -1.22. The average Bonchev–Trinajstić information content (AvgIpc) is 3.28. The smallest absolute Gasteiger partial charge is 0.105 e. The number of nitrogens with one attached hydrogen (secondary N) is 1. The summed E-state index contributed by atoms with van der Waals surface area (Å²) >= 11 is 6.05. The molecular weight excluding hydrogens is 1060 g/mol. The van der Waals surface area contributed by atoms with Gasteiger partial charge in [0.1, 0.15) is 12.2 Å². The van der Waals surface area contributed by atoms with Crippen LogP contribution in [-0.2, 0) is 18.6 Å². The van der Waals surface area contributed by atoms with Gasteiger partial charge < -0.3 is 61.3 Å². The number of hydrogen-bond acceptors (Lipinski definition) is 12. The van der Waals surface area contributed by atoms with Crippen LogP contribution in [0.3, 0.4) is 0 Å². The van der Waals surface area contributed by atoms with E-state index in [1.807, 2.05) is 11.9 Å². The summed E-state index contributed by atoms with van der Waals surface area (Å²) in [5.74, 6) is 0. The molecule has 2 heterocycles. The number of likely N-dealkylation sites (tertiary alicyclic amines) is 1. The predicted molar refractivity (Wildman–Crippen MR) is 120 cm³/mol. The van der Waals surface area contributed by atoms with E-state index < -0.39 is 62.0 Å². The average molecular weight is 1100 g/mol. The van der Waals surface area contributed by atoms with Gasteiger partial charge in [-0.25, -0.2) is 0 Å². The van der Waals surface area contributed by atoms with Gasteiger partial charge in [0.2, 0.25) is 0 Å². The van der Waals surface area contributed by atoms with Crippen molar-refractivity contribution in [2.45, 2.75) is 48.8 Å². The summed E-state index contributed by atoms with van der Waals surface area (Å²) in [6.07, 6.45) is -5.90. The monoisotopic (exact) mass is 1090 g/mol. The molecule has 17 heteroatoms. The third-order valence-corrected chi connectivity index (χ3v) is 5.50. The quantitative estimate of drug-likeness (QED) is 0.113. The van der Waals surface area contributed by atoms with Crippen molar-refractivity contribution in [1.29, 1.82) is 0 Å². The Kier molecular flexibility index (Phi) is 42.0. The number of likely N-dealkylation sites (N-methyl/N-ethyl adjacent to an activating group) is 1. The molecule has 0 spiro atoms. The van der Waals surface area contributed by atoms with Crippen molar-refractivity contribution >= 4 is 31.9 Å². The summed E-state index contributed by atoms with van der Waals surface area (Å²) in [6.45, 7) is 1.20. The predicted octanol–water partition coefficient (Wildman–Crippen LogP) is -4.85. The summed E-state index contributed by atoms with van der Waals surface area (Å²) in [6, 6.07) is 0. The van der Waals surface area contributed by atoms with Crippen molar-refractivity contribution in [3.05, 3.63) is 0 Å². The van der Waals surface area contributed by atoms with E-state index in [-0.39, 0.29) is 107 Å². The van der Waals surface area contributed by atoms with E-state index in [9.17, 15) is 0 Å². The van der Waals surface area contributed by atoms with E-state index in [0.29, 0.717) is 36.8 Å². The first-order valence-corrected chi connectivity index (χ1v) is 11.9. The molecule has 0 bridgehead atoms. The molecule has 11 N–H and O–H groups in total. The van der Waals surface area contributed by atoms with Gasteiger partial charge >= 0.3 is 0 Å². The minimum absolute atomic E-state index is 0. The zero-order chi connectivity index (χ0) is 24.6. The molecule has 0 unspecified atom stereocenters. The van der Waals surface area contributed by atoms with Crippen LogP contribution in [0.2, 0.25) is 0 Å². The van der Waals surface area contributed by atoms with Gasteiger partial charge in [0.25, 0.3) is 0 Å². The molecule has 0 aromatic heterocycles. The van der Waals surface area contributed by atoms with Gasteiger partial charge in [-0.05, 0) is 7.05 Å². The largest absolute Gasteiger partial charge is 0.394 e. The molecule has 2 aliphatic rings. The van der Waals surface area contributed by atoms with E-state index in [1.165, 1.54) is 0 Å². The fourth-order valence-corrected chi connectivity index (χ4v) is 2.92. The summed E-state index contributed by atoms with van der Waals surface area (Å²) < 4.78 is 0. The maximum absolute atomic E-state index is 8.88. The Balaban J connectivity index is -0.000000107. The van der Waals surface area contributed by atoms with Crippen molar-refractivity contribution in [3.8, 4) is 0 Å². The first kappa shape index (κ1) is 47.7. The molecule has 2 fully saturated rings. The van der Waals surface area contributed by atoms with Crippen LogP contribution in [0.15, 0.2) is 0 Å². The number of rotatable bonds is 6. The molecule has 8 atom stereocenters. The Labute approximate surface area is 301 Å². The first-order chi connectivity index (χ1) is 14.4. The molecule has 0 aromatic rings. The number of β-amino-alcohol motifs (C(OH)–C–C–N with tert-alkyl or cyclic N) is 4. The van der Waals surface area contributed by atoms with Crippen LogP contribution >= 0.6 is 31.9 Å². The summed E-state index contributed by atoms with van der Waals surface area (Å²) in [5.41, 5.74) is 0.